The lowest BCUT2D eigenvalue weighted by molar-refractivity contribution is -0.138. The third-order valence-corrected chi connectivity index (χ3v) is 8.27. The molecule has 1 saturated heterocycles. The molecule has 1 aliphatic heterocycles. The van der Waals surface area contributed by atoms with E-state index in [9.17, 15) is 23.9 Å². The molecule has 7 nitrogen and oxygen atoms in total. The number of ketones is 1. The Morgan fingerprint density at radius 1 is 1.23 bits per heavy atom. The van der Waals surface area contributed by atoms with Crippen LogP contribution in [0.25, 0.3) is 0 Å². The maximum atomic E-state index is 14.6. The molecule has 10 heteroatoms. The zero-order chi connectivity index (χ0) is 22.5. The first kappa shape index (κ1) is 23.8. The van der Waals surface area contributed by atoms with Crippen molar-refractivity contribution in [2.75, 3.05) is 18.8 Å². The number of carbonyl (C=O) groups excluding carboxylic acids is 1. The van der Waals surface area contributed by atoms with Gasteiger partial charge in [-0.05, 0) is 30.9 Å². The molecule has 31 heavy (non-hydrogen) atoms. The number of carboxylic acid groups (broad SMARTS) is 2. The topological polar surface area (TPSA) is 121 Å². The maximum Gasteiger partial charge on any atom is 0.328 e. The van der Waals surface area contributed by atoms with Crippen molar-refractivity contribution in [3.8, 4) is 0 Å². The summed E-state index contributed by atoms with van der Waals surface area (Å²) in [4.78, 5) is 37.2. The van der Waals surface area contributed by atoms with Gasteiger partial charge in [0.05, 0.1) is 6.04 Å². The van der Waals surface area contributed by atoms with Gasteiger partial charge in [0.2, 0.25) is 0 Å². The second-order valence-electron chi connectivity index (χ2n) is 7.73. The van der Waals surface area contributed by atoms with Crippen LogP contribution in [-0.4, -0.2) is 63.0 Å². The van der Waals surface area contributed by atoms with Crippen LogP contribution in [0.4, 0.5) is 4.39 Å². The highest BCUT2D eigenvalue weighted by molar-refractivity contribution is 8.77. The lowest BCUT2D eigenvalue weighted by Crippen LogP contribution is -2.43. The molecule has 3 rings (SSSR count). The Kier molecular flexibility index (Phi) is 8.15. The van der Waals surface area contributed by atoms with E-state index in [1.54, 1.807) is 18.2 Å². The van der Waals surface area contributed by atoms with Crippen molar-refractivity contribution in [3.63, 3.8) is 0 Å². The number of halogens is 1. The van der Waals surface area contributed by atoms with E-state index in [0.717, 1.165) is 18.9 Å². The zero-order valence-electron chi connectivity index (χ0n) is 16.8. The molecule has 1 aliphatic carbocycles. The summed E-state index contributed by atoms with van der Waals surface area (Å²) in [5.41, 5.74) is 6.47. The van der Waals surface area contributed by atoms with E-state index in [1.807, 2.05) is 4.90 Å². The molecule has 2 aliphatic rings. The number of benzene rings is 1. The van der Waals surface area contributed by atoms with E-state index in [-0.39, 0.29) is 29.2 Å². The summed E-state index contributed by atoms with van der Waals surface area (Å²) in [7, 11) is 2.68. The van der Waals surface area contributed by atoms with Gasteiger partial charge < -0.3 is 15.9 Å². The number of Topliss-reactive ketones (excluding diaryl/α,β-unsaturated/α-hetero) is 1. The number of piperidine rings is 1. The Hall–Kier alpha value is -1.88. The van der Waals surface area contributed by atoms with E-state index in [0.29, 0.717) is 24.1 Å². The Morgan fingerprint density at radius 3 is 2.55 bits per heavy atom. The van der Waals surface area contributed by atoms with Crippen LogP contribution in [0.15, 0.2) is 35.9 Å². The smallest absolute Gasteiger partial charge is 0.328 e. The maximum absolute atomic E-state index is 14.6. The minimum Gasteiger partial charge on any atom is -0.480 e. The van der Waals surface area contributed by atoms with E-state index in [2.05, 4.69) is 0 Å². The van der Waals surface area contributed by atoms with E-state index >= 15 is 0 Å². The number of hydrogen-bond donors (Lipinski definition) is 3. The zero-order valence-corrected chi connectivity index (χ0v) is 18.4. The number of carboxylic acids is 2. The molecular formula is C21H25FN2O5S2. The number of nitrogens with zero attached hydrogens (tertiary/aromatic N) is 1. The molecule has 3 atom stereocenters. The molecule has 0 radical (unpaired) electrons. The molecule has 1 aromatic carbocycles. The predicted octanol–water partition coefficient (Wildman–Crippen LogP) is 2.72. The monoisotopic (exact) mass is 468 g/mol. The number of nitrogens with two attached hydrogens (primary N) is 1. The number of carbonyl (C=O) groups is 3. The molecule has 1 saturated carbocycles. The fourth-order valence-corrected chi connectivity index (χ4v) is 6.42. The normalized spacial score (nSPS) is 22.8. The van der Waals surface area contributed by atoms with Crippen molar-refractivity contribution in [3.05, 3.63) is 47.3 Å². The van der Waals surface area contributed by atoms with Crippen molar-refractivity contribution in [1.82, 2.24) is 4.90 Å². The van der Waals surface area contributed by atoms with Gasteiger partial charge in [0.25, 0.3) is 0 Å². The highest BCUT2D eigenvalue weighted by atomic mass is 33.1. The lowest BCUT2D eigenvalue weighted by Gasteiger charge is -2.38. The van der Waals surface area contributed by atoms with Crippen LogP contribution in [0, 0.1) is 11.7 Å². The second kappa shape index (κ2) is 10.6. The van der Waals surface area contributed by atoms with Crippen molar-refractivity contribution in [2.45, 2.75) is 36.6 Å². The van der Waals surface area contributed by atoms with Gasteiger partial charge in [-0.15, -0.1) is 0 Å². The fraction of sp³-hybridized carbons (Fsp3) is 0.476. The molecule has 1 aromatic rings. The Balaban J connectivity index is 1.77. The SMILES string of the molecule is NC(CSSC1CCN(C(C(=O)C2CC2)c2ccccc2F)C/C1=C/C(=O)O)C(=O)O. The number of rotatable bonds is 10. The summed E-state index contributed by atoms with van der Waals surface area (Å²) < 4.78 is 14.6. The molecule has 0 aromatic heterocycles. The standard InChI is InChI=1S/C21H25FN2O5S2/c22-15-4-2-1-3-14(15)19(20(27)12-5-6-12)24-8-7-17(13(10-24)9-18(25)26)31-30-11-16(23)21(28)29/h1-4,9,12,16-17,19H,5-8,10-11,23H2,(H,25,26)(H,28,29)/b13-9-. The second-order valence-corrected chi connectivity index (χ2v) is 10.3. The van der Waals surface area contributed by atoms with Crippen LogP contribution in [0.2, 0.25) is 0 Å². The average molecular weight is 469 g/mol. The number of aliphatic carboxylic acids is 2. The van der Waals surface area contributed by atoms with Gasteiger partial charge in [-0.3, -0.25) is 14.5 Å². The van der Waals surface area contributed by atoms with Crippen molar-refractivity contribution in [1.29, 1.82) is 0 Å². The summed E-state index contributed by atoms with van der Waals surface area (Å²) in [6, 6.07) is 4.49. The molecule has 2 fully saturated rings. The minimum atomic E-state index is -1.09. The fourth-order valence-electron chi connectivity index (χ4n) is 3.60. The molecule has 0 bridgehead atoms. The highest BCUT2D eigenvalue weighted by Gasteiger charge is 2.41. The largest absolute Gasteiger partial charge is 0.480 e. The Labute approximate surface area is 187 Å². The number of hydrogen-bond acceptors (Lipinski definition) is 7. The van der Waals surface area contributed by atoms with Gasteiger partial charge >= 0.3 is 11.9 Å². The third kappa shape index (κ3) is 6.31. The summed E-state index contributed by atoms with van der Waals surface area (Å²) in [5.74, 6) is -2.52. The van der Waals surface area contributed by atoms with Crippen molar-refractivity contribution in [2.24, 2.45) is 11.7 Å². The molecule has 4 N–H and O–H groups in total. The van der Waals surface area contributed by atoms with Crippen molar-refractivity contribution >= 4 is 39.3 Å². The lowest BCUT2D eigenvalue weighted by atomic mass is 9.93. The Bertz CT molecular complexity index is 877. The van der Waals surface area contributed by atoms with Crippen LogP contribution < -0.4 is 5.73 Å². The van der Waals surface area contributed by atoms with Crippen LogP contribution in [-0.2, 0) is 14.4 Å². The van der Waals surface area contributed by atoms with Crippen LogP contribution in [0.3, 0.4) is 0 Å². The quantitative estimate of drug-likeness (QED) is 0.351. The summed E-state index contributed by atoms with van der Waals surface area (Å²) in [6.07, 6.45) is 3.30. The number of likely N-dealkylation sites (tertiary alicyclic amines) is 1. The first-order valence-corrected chi connectivity index (χ1v) is 12.4. The van der Waals surface area contributed by atoms with Crippen LogP contribution in [0.5, 0.6) is 0 Å². The molecule has 0 amide bonds. The van der Waals surface area contributed by atoms with E-state index in [1.165, 1.54) is 27.7 Å². The minimum absolute atomic E-state index is 0.0207. The van der Waals surface area contributed by atoms with Gasteiger partial charge in [0.1, 0.15) is 11.9 Å². The van der Waals surface area contributed by atoms with Crippen molar-refractivity contribution < 1.29 is 29.0 Å². The van der Waals surface area contributed by atoms with E-state index < -0.39 is 29.8 Å². The van der Waals surface area contributed by atoms with E-state index in [4.69, 9.17) is 10.8 Å². The third-order valence-electron chi connectivity index (χ3n) is 5.35. The summed E-state index contributed by atoms with van der Waals surface area (Å²) in [5, 5.41) is 18.1. The van der Waals surface area contributed by atoms with Crippen LogP contribution >= 0.6 is 21.6 Å². The van der Waals surface area contributed by atoms with Gasteiger partial charge in [-0.1, -0.05) is 39.8 Å². The summed E-state index contributed by atoms with van der Waals surface area (Å²) in [6.45, 7) is 0.727. The molecular weight excluding hydrogens is 443 g/mol. The molecule has 1 heterocycles. The molecule has 0 spiro atoms. The predicted molar refractivity (Wildman–Crippen MR) is 118 cm³/mol. The van der Waals surface area contributed by atoms with Gasteiger partial charge in [-0.2, -0.15) is 0 Å². The Morgan fingerprint density at radius 2 is 1.94 bits per heavy atom. The molecule has 3 unspecified atom stereocenters. The van der Waals surface area contributed by atoms with Crippen LogP contribution in [0.1, 0.15) is 30.9 Å². The molecule has 168 valence electrons. The summed E-state index contributed by atoms with van der Waals surface area (Å²) >= 11 is 0. The highest BCUT2D eigenvalue weighted by Crippen LogP contribution is 2.42. The van der Waals surface area contributed by atoms with Gasteiger partial charge in [-0.25, -0.2) is 9.18 Å². The first-order valence-electron chi connectivity index (χ1n) is 10.00. The average Bonchev–Trinajstić information content (AvgIpc) is 3.55. The van der Waals surface area contributed by atoms with Gasteiger partial charge in [0, 0.05) is 41.6 Å². The van der Waals surface area contributed by atoms with Gasteiger partial charge in [0.15, 0.2) is 5.78 Å². The first-order chi connectivity index (χ1) is 14.8.